The number of fused-ring (bicyclic) bond motifs is 1. The third-order valence-corrected chi connectivity index (χ3v) is 5.15. The van der Waals surface area contributed by atoms with Crippen molar-refractivity contribution >= 4 is 11.9 Å². The Morgan fingerprint density at radius 2 is 2.11 bits per heavy atom. The van der Waals surface area contributed by atoms with E-state index in [1.807, 2.05) is 18.3 Å². The van der Waals surface area contributed by atoms with Crippen LogP contribution in [-0.4, -0.2) is 48.7 Å². The minimum absolute atomic E-state index is 0.0871. The molecule has 1 saturated heterocycles. The van der Waals surface area contributed by atoms with Crippen LogP contribution < -0.4 is 15.0 Å². The lowest BCUT2D eigenvalue weighted by Crippen LogP contribution is -2.45. The highest BCUT2D eigenvalue weighted by molar-refractivity contribution is 5.97. The number of carbonyl (C=O) groups excluding carboxylic acids is 1. The van der Waals surface area contributed by atoms with Gasteiger partial charge in [0.2, 0.25) is 5.95 Å². The van der Waals surface area contributed by atoms with Gasteiger partial charge in [-0.15, -0.1) is 0 Å². The summed E-state index contributed by atoms with van der Waals surface area (Å²) in [4.78, 5) is 24.0. The third kappa shape index (κ3) is 3.88. The molecular weight excluding hydrogens is 344 g/mol. The maximum Gasteiger partial charge on any atom is 0.255 e. The highest BCUT2D eigenvalue weighted by Gasteiger charge is 2.24. The van der Waals surface area contributed by atoms with Gasteiger partial charge in [0.05, 0.1) is 31.6 Å². The standard InChI is InChI=1S/C20H24N4O3/c1-26-18-5-3-2-4-16(18)19(25)22-15-6-9-24(10-7-15)20-21-12-14-13-27-11-8-17(14)23-20/h2-5,12,15H,6-11,13H2,1H3,(H,22,25). The number of nitrogens with one attached hydrogen (secondary N) is 1. The molecule has 2 aromatic rings. The number of aromatic nitrogens is 2. The third-order valence-electron chi connectivity index (χ3n) is 5.15. The van der Waals surface area contributed by atoms with Crippen molar-refractivity contribution in [3.05, 3.63) is 47.3 Å². The molecule has 0 aliphatic carbocycles. The molecule has 3 heterocycles. The topological polar surface area (TPSA) is 76.6 Å². The maximum absolute atomic E-state index is 12.6. The number of benzene rings is 1. The van der Waals surface area contributed by atoms with Crippen molar-refractivity contribution in [1.82, 2.24) is 15.3 Å². The van der Waals surface area contributed by atoms with Crippen LogP contribution in [0, 0.1) is 0 Å². The Morgan fingerprint density at radius 3 is 2.93 bits per heavy atom. The summed E-state index contributed by atoms with van der Waals surface area (Å²) < 4.78 is 10.7. The number of carbonyl (C=O) groups is 1. The Balaban J connectivity index is 1.36. The zero-order valence-electron chi connectivity index (χ0n) is 15.5. The van der Waals surface area contributed by atoms with E-state index in [9.17, 15) is 4.79 Å². The molecule has 0 saturated carbocycles. The van der Waals surface area contributed by atoms with Gasteiger partial charge >= 0.3 is 0 Å². The quantitative estimate of drug-likeness (QED) is 0.889. The molecule has 1 amide bonds. The average Bonchev–Trinajstić information content (AvgIpc) is 2.74. The lowest BCUT2D eigenvalue weighted by Gasteiger charge is -2.33. The number of nitrogens with zero attached hydrogens (tertiary/aromatic N) is 3. The first-order valence-corrected chi connectivity index (χ1v) is 9.36. The van der Waals surface area contributed by atoms with Gasteiger partial charge in [-0.25, -0.2) is 9.97 Å². The second-order valence-electron chi connectivity index (χ2n) is 6.88. The Hall–Kier alpha value is -2.67. The van der Waals surface area contributed by atoms with Gasteiger partial charge in [0.15, 0.2) is 0 Å². The SMILES string of the molecule is COc1ccccc1C(=O)NC1CCN(c2ncc3c(n2)CCOC3)CC1. The Bertz CT molecular complexity index is 819. The van der Waals surface area contributed by atoms with E-state index >= 15 is 0 Å². The zero-order chi connectivity index (χ0) is 18.6. The molecule has 0 unspecified atom stereocenters. The van der Waals surface area contributed by atoms with Crippen molar-refractivity contribution in [2.45, 2.75) is 31.9 Å². The number of methoxy groups -OCH3 is 1. The molecule has 7 heteroatoms. The summed E-state index contributed by atoms with van der Waals surface area (Å²) in [5.74, 6) is 1.29. The molecule has 0 spiro atoms. The second kappa shape index (κ2) is 7.92. The van der Waals surface area contributed by atoms with Crippen molar-refractivity contribution in [3.8, 4) is 5.75 Å². The van der Waals surface area contributed by atoms with Crippen molar-refractivity contribution < 1.29 is 14.3 Å². The summed E-state index contributed by atoms with van der Waals surface area (Å²) in [6, 6.07) is 7.44. The van der Waals surface area contributed by atoms with Gasteiger partial charge in [0.25, 0.3) is 5.91 Å². The summed E-state index contributed by atoms with van der Waals surface area (Å²) in [6.45, 7) is 2.98. The number of amides is 1. The molecule has 2 aliphatic heterocycles. The number of ether oxygens (including phenoxy) is 2. The molecule has 1 fully saturated rings. The first kappa shape index (κ1) is 17.7. The van der Waals surface area contributed by atoms with E-state index in [4.69, 9.17) is 14.5 Å². The van der Waals surface area contributed by atoms with Gasteiger partial charge in [-0.2, -0.15) is 0 Å². The Labute approximate surface area is 158 Å². The fourth-order valence-corrected chi connectivity index (χ4v) is 3.59. The molecule has 27 heavy (non-hydrogen) atoms. The van der Waals surface area contributed by atoms with Gasteiger partial charge in [0.1, 0.15) is 5.75 Å². The molecule has 2 aliphatic rings. The summed E-state index contributed by atoms with van der Waals surface area (Å²) in [5.41, 5.74) is 2.75. The first-order chi connectivity index (χ1) is 13.2. The van der Waals surface area contributed by atoms with Crippen LogP contribution in [0.15, 0.2) is 30.5 Å². The number of anilines is 1. The van der Waals surface area contributed by atoms with E-state index < -0.39 is 0 Å². The smallest absolute Gasteiger partial charge is 0.255 e. The van der Waals surface area contributed by atoms with Crippen LogP contribution in [0.1, 0.15) is 34.5 Å². The normalized spacial score (nSPS) is 17.3. The largest absolute Gasteiger partial charge is 0.496 e. The summed E-state index contributed by atoms with van der Waals surface area (Å²) in [6.07, 6.45) is 4.46. The predicted octanol–water partition coefficient (Wildman–Crippen LogP) is 1.96. The molecule has 1 N–H and O–H groups in total. The molecule has 4 rings (SSSR count). The minimum Gasteiger partial charge on any atom is -0.496 e. The summed E-state index contributed by atoms with van der Waals surface area (Å²) in [5, 5.41) is 3.13. The molecule has 1 aromatic heterocycles. The molecule has 0 bridgehead atoms. The van der Waals surface area contributed by atoms with Gasteiger partial charge in [-0.3, -0.25) is 4.79 Å². The van der Waals surface area contributed by atoms with E-state index in [1.54, 1.807) is 19.2 Å². The van der Waals surface area contributed by atoms with Crippen LogP contribution in [0.25, 0.3) is 0 Å². The molecule has 1 aromatic carbocycles. The van der Waals surface area contributed by atoms with E-state index in [1.165, 1.54) is 0 Å². The fraction of sp³-hybridized carbons (Fsp3) is 0.450. The van der Waals surface area contributed by atoms with Crippen LogP contribution >= 0.6 is 0 Å². The van der Waals surface area contributed by atoms with E-state index in [0.717, 1.165) is 56.2 Å². The lowest BCUT2D eigenvalue weighted by molar-refractivity contribution is 0.0928. The second-order valence-corrected chi connectivity index (χ2v) is 6.88. The van der Waals surface area contributed by atoms with Gasteiger partial charge in [-0.05, 0) is 25.0 Å². The highest BCUT2D eigenvalue weighted by atomic mass is 16.5. The minimum atomic E-state index is -0.0871. The monoisotopic (exact) mass is 368 g/mol. The van der Waals surface area contributed by atoms with Crippen LogP contribution in [0.3, 0.4) is 0 Å². The Kier molecular flexibility index (Phi) is 5.20. The van der Waals surface area contributed by atoms with E-state index in [0.29, 0.717) is 17.9 Å². The fourth-order valence-electron chi connectivity index (χ4n) is 3.59. The molecule has 0 radical (unpaired) electrons. The van der Waals surface area contributed by atoms with Crippen molar-refractivity contribution in [2.24, 2.45) is 0 Å². The van der Waals surface area contributed by atoms with Gasteiger partial charge in [-0.1, -0.05) is 12.1 Å². The molecule has 7 nitrogen and oxygen atoms in total. The predicted molar refractivity (Wildman–Crippen MR) is 101 cm³/mol. The zero-order valence-corrected chi connectivity index (χ0v) is 15.5. The summed E-state index contributed by atoms with van der Waals surface area (Å²) >= 11 is 0. The molecule has 0 atom stereocenters. The van der Waals surface area contributed by atoms with Crippen LogP contribution in [0.5, 0.6) is 5.75 Å². The van der Waals surface area contributed by atoms with Crippen LogP contribution in [-0.2, 0) is 17.8 Å². The number of piperidine rings is 1. The van der Waals surface area contributed by atoms with E-state index in [2.05, 4.69) is 15.2 Å². The summed E-state index contributed by atoms with van der Waals surface area (Å²) in [7, 11) is 1.58. The maximum atomic E-state index is 12.6. The Morgan fingerprint density at radius 1 is 1.30 bits per heavy atom. The number of hydrogen-bond acceptors (Lipinski definition) is 6. The van der Waals surface area contributed by atoms with Gasteiger partial charge in [0, 0.05) is 37.3 Å². The molecule has 142 valence electrons. The number of rotatable bonds is 4. The van der Waals surface area contributed by atoms with Gasteiger partial charge < -0.3 is 19.7 Å². The van der Waals surface area contributed by atoms with E-state index in [-0.39, 0.29) is 11.9 Å². The number of para-hydroxylation sites is 1. The van der Waals surface area contributed by atoms with Crippen molar-refractivity contribution in [3.63, 3.8) is 0 Å². The van der Waals surface area contributed by atoms with Crippen molar-refractivity contribution in [1.29, 1.82) is 0 Å². The van der Waals surface area contributed by atoms with Crippen LogP contribution in [0.2, 0.25) is 0 Å². The van der Waals surface area contributed by atoms with Crippen LogP contribution in [0.4, 0.5) is 5.95 Å². The van der Waals surface area contributed by atoms with Crippen molar-refractivity contribution in [2.75, 3.05) is 31.7 Å². The molecular formula is C20H24N4O3. The average molecular weight is 368 g/mol. The lowest BCUT2D eigenvalue weighted by atomic mass is 10.0. The number of hydrogen-bond donors (Lipinski definition) is 1. The first-order valence-electron chi connectivity index (χ1n) is 9.36. The highest BCUT2D eigenvalue weighted by Crippen LogP contribution is 2.21.